The van der Waals surface area contributed by atoms with E-state index in [1.54, 1.807) is 44.6 Å². The van der Waals surface area contributed by atoms with Crippen molar-refractivity contribution in [1.82, 2.24) is 9.88 Å². The zero-order valence-electron chi connectivity index (χ0n) is 13.8. The van der Waals surface area contributed by atoms with E-state index in [0.717, 1.165) is 39.8 Å². The van der Waals surface area contributed by atoms with Gasteiger partial charge in [0.15, 0.2) is 5.13 Å². The first-order valence-electron chi connectivity index (χ1n) is 7.52. The van der Waals surface area contributed by atoms with Crippen LogP contribution in [-0.2, 0) is 4.79 Å². The van der Waals surface area contributed by atoms with Crippen LogP contribution >= 0.6 is 11.3 Å². The molecule has 0 spiro atoms. The van der Waals surface area contributed by atoms with Crippen LogP contribution in [0.1, 0.15) is 6.42 Å². The summed E-state index contributed by atoms with van der Waals surface area (Å²) in [5, 5.41) is 0.914. The molecule has 0 radical (unpaired) electrons. The third kappa shape index (κ3) is 2.81. The molecule has 1 aromatic carbocycles. The zero-order valence-corrected chi connectivity index (χ0v) is 14.6. The first kappa shape index (κ1) is 15.9. The van der Waals surface area contributed by atoms with Gasteiger partial charge in [0.1, 0.15) is 21.7 Å². The van der Waals surface area contributed by atoms with Crippen molar-refractivity contribution in [2.75, 3.05) is 46.3 Å². The standard InChI is InChI=1S/C16H21N3O3S/c1-18(2)15(20)10-7-8-19(9-10)16-17-13-11(21-3)5-6-12(22-4)14(13)23-16/h5-6,10H,7-9H2,1-4H3. The molecule has 0 saturated carbocycles. The van der Waals surface area contributed by atoms with E-state index >= 15 is 0 Å². The van der Waals surface area contributed by atoms with Crippen LogP contribution in [0.5, 0.6) is 11.5 Å². The van der Waals surface area contributed by atoms with Gasteiger partial charge in [0.25, 0.3) is 0 Å². The predicted molar refractivity (Wildman–Crippen MR) is 91.7 cm³/mol. The molecule has 2 heterocycles. The van der Waals surface area contributed by atoms with Gasteiger partial charge in [-0.1, -0.05) is 11.3 Å². The Labute approximate surface area is 139 Å². The van der Waals surface area contributed by atoms with Crippen molar-refractivity contribution in [1.29, 1.82) is 0 Å². The summed E-state index contributed by atoms with van der Waals surface area (Å²) in [6.07, 6.45) is 0.862. The number of methoxy groups -OCH3 is 2. The maximum absolute atomic E-state index is 12.1. The molecule has 1 fully saturated rings. The number of hydrogen-bond acceptors (Lipinski definition) is 6. The van der Waals surface area contributed by atoms with Crippen molar-refractivity contribution in [2.45, 2.75) is 6.42 Å². The maximum Gasteiger partial charge on any atom is 0.227 e. The zero-order chi connectivity index (χ0) is 16.6. The monoisotopic (exact) mass is 335 g/mol. The number of amides is 1. The van der Waals surface area contributed by atoms with Gasteiger partial charge in [-0.3, -0.25) is 4.79 Å². The summed E-state index contributed by atoms with van der Waals surface area (Å²) in [6, 6.07) is 3.76. The highest BCUT2D eigenvalue weighted by Crippen LogP contribution is 2.41. The van der Waals surface area contributed by atoms with Crippen molar-refractivity contribution in [3.05, 3.63) is 12.1 Å². The molecule has 1 aliphatic rings. The van der Waals surface area contributed by atoms with Gasteiger partial charge in [0, 0.05) is 27.2 Å². The number of carbonyl (C=O) groups is 1. The maximum atomic E-state index is 12.1. The largest absolute Gasteiger partial charge is 0.495 e. The van der Waals surface area contributed by atoms with Crippen LogP contribution in [0.2, 0.25) is 0 Å². The van der Waals surface area contributed by atoms with Crippen LogP contribution in [0.3, 0.4) is 0 Å². The minimum Gasteiger partial charge on any atom is -0.495 e. The highest BCUT2D eigenvalue weighted by Gasteiger charge is 2.31. The highest BCUT2D eigenvalue weighted by molar-refractivity contribution is 7.22. The van der Waals surface area contributed by atoms with Crippen molar-refractivity contribution in [3.63, 3.8) is 0 Å². The Morgan fingerprint density at radius 2 is 2.00 bits per heavy atom. The lowest BCUT2D eigenvalue weighted by Crippen LogP contribution is -2.31. The number of benzene rings is 1. The summed E-state index contributed by atoms with van der Waals surface area (Å²) >= 11 is 1.58. The fourth-order valence-corrected chi connectivity index (χ4v) is 4.02. The smallest absolute Gasteiger partial charge is 0.227 e. The molecule has 0 bridgehead atoms. The van der Waals surface area contributed by atoms with E-state index < -0.39 is 0 Å². The van der Waals surface area contributed by atoms with E-state index in [2.05, 4.69) is 4.90 Å². The number of nitrogens with zero attached hydrogens (tertiary/aromatic N) is 3. The molecule has 23 heavy (non-hydrogen) atoms. The van der Waals surface area contributed by atoms with E-state index in [0.29, 0.717) is 6.54 Å². The van der Waals surface area contributed by atoms with Gasteiger partial charge in [0.05, 0.1) is 20.1 Å². The molecule has 6 nitrogen and oxygen atoms in total. The Morgan fingerprint density at radius 3 is 2.65 bits per heavy atom. The molecule has 1 aliphatic heterocycles. The Balaban J connectivity index is 1.91. The van der Waals surface area contributed by atoms with Gasteiger partial charge in [-0.05, 0) is 18.6 Å². The van der Waals surface area contributed by atoms with Gasteiger partial charge in [-0.15, -0.1) is 0 Å². The van der Waals surface area contributed by atoms with Gasteiger partial charge >= 0.3 is 0 Å². The fraction of sp³-hybridized carbons (Fsp3) is 0.500. The summed E-state index contributed by atoms with van der Waals surface area (Å²) in [5.74, 6) is 1.76. The summed E-state index contributed by atoms with van der Waals surface area (Å²) in [7, 11) is 6.90. The van der Waals surface area contributed by atoms with Crippen LogP contribution in [0, 0.1) is 5.92 Å². The fourth-order valence-electron chi connectivity index (χ4n) is 2.91. The lowest BCUT2D eigenvalue weighted by molar-refractivity contribution is -0.132. The van der Waals surface area contributed by atoms with Crippen molar-refractivity contribution >= 4 is 32.6 Å². The Hall–Kier alpha value is -2.02. The summed E-state index contributed by atoms with van der Waals surface area (Å²) < 4.78 is 11.8. The van der Waals surface area contributed by atoms with Crippen LogP contribution in [0.15, 0.2) is 12.1 Å². The number of anilines is 1. The molecule has 1 unspecified atom stereocenters. The molecule has 2 aromatic rings. The minimum absolute atomic E-state index is 0.0424. The molecule has 3 rings (SSSR count). The second kappa shape index (κ2) is 6.23. The molecule has 1 amide bonds. The first-order chi connectivity index (χ1) is 11.0. The number of fused-ring (bicyclic) bond motifs is 1. The Kier molecular flexibility index (Phi) is 4.30. The van der Waals surface area contributed by atoms with Crippen molar-refractivity contribution in [3.8, 4) is 11.5 Å². The van der Waals surface area contributed by atoms with Crippen molar-refractivity contribution in [2.24, 2.45) is 5.92 Å². The van der Waals surface area contributed by atoms with Crippen LogP contribution in [0.4, 0.5) is 5.13 Å². The minimum atomic E-state index is 0.0424. The van der Waals surface area contributed by atoms with Crippen LogP contribution in [0.25, 0.3) is 10.2 Å². The lowest BCUT2D eigenvalue weighted by atomic mass is 10.1. The second-order valence-corrected chi connectivity index (χ2v) is 6.79. The molecular weight excluding hydrogens is 314 g/mol. The number of rotatable bonds is 4. The average molecular weight is 335 g/mol. The quantitative estimate of drug-likeness (QED) is 0.858. The number of ether oxygens (including phenoxy) is 2. The van der Waals surface area contributed by atoms with E-state index in [9.17, 15) is 4.79 Å². The third-order valence-corrected chi connectivity index (χ3v) is 5.28. The summed E-state index contributed by atoms with van der Waals surface area (Å²) in [6.45, 7) is 1.55. The predicted octanol–water partition coefficient (Wildman–Crippen LogP) is 2.23. The SMILES string of the molecule is COc1ccc(OC)c2sc(N3CCC(C(=O)N(C)C)C3)nc12. The Morgan fingerprint density at radius 1 is 1.30 bits per heavy atom. The lowest BCUT2D eigenvalue weighted by Gasteiger charge is -2.17. The third-order valence-electron chi connectivity index (χ3n) is 4.15. The van der Waals surface area contributed by atoms with Gasteiger partial charge in [0.2, 0.25) is 5.91 Å². The topological polar surface area (TPSA) is 54.9 Å². The number of aromatic nitrogens is 1. The second-order valence-electron chi connectivity index (χ2n) is 5.81. The average Bonchev–Trinajstić information content (AvgIpc) is 3.19. The molecule has 1 saturated heterocycles. The van der Waals surface area contributed by atoms with E-state index in [4.69, 9.17) is 14.5 Å². The molecule has 124 valence electrons. The molecule has 1 aromatic heterocycles. The Bertz CT molecular complexity index is 688. The number of hydrogen-bond donors (Lipinski definition) is 0. The van der Waals surface area contributed by atoms with Gasteiger partial charge < -0.3 is 19.3 Å². The molecule has 1 atom stereocenters. The molecule has 0 aliphatic carbocycles. The van der Waals surface area contributed by atoms with E-state index in [1.165, 1.54) is 0 Å². The normalized spacial score (nSPS) is 17.6. The molecule has 7 heteroatoms. The highest BCUT2D eigenvalue weighted by atomic mass is 32.1. The summed E-state index contributed by atoms with van der Waals surface area (Å²) in [5.41, 5.74) is 0.814. The van der Waals surface area contributed by atoms with E-state index in [1.807, 2.05) is 12.1 Å². The van der Waals surface area contributed by atoms with Crippen molar-refractivity contribution < 1.29 is 14.3 Å². The van der Waals surface area contributed by atoms with Crippen LogP contribution < -0.4 is 14.4 Å². The van der Waals surface area contributed by atoms with Crippen LogP contribution in [-0.4, -0.2) is 57.2 Å². The van der Waals surface area contributed by atoms with E-state index in [-0.39, 0.29) is 11.8 Å². The summed E-state index contributed by atoms with van der Waals surface area (Å²) in [4.78, 5) is 20.7. The number of carbonyl (C=O) groups excluding carboxylic acids is 1. The van der Waals surface area contributed by atoms with Gasteiger partial charge in [-0.25, -0.2) is 4.98 Å². The first-order valence-corrected chi connectivity index (χ1v) is 8.34. The molecular formula is C16H21N3O3S. The van der Waals surface area contributed by atoms with Gasteiger partial charge in [-0.2, -0.15) is 0 Å². The number of thiazole rings is 1. The molecule has 0 N–H and O–H groups in total.